The maximum Gasteiger partial charge on any atom is 0.340 e. The Morgan fingerprint density at radius 2 is 2.37 bits per heavy atom. The van der Waals surface area contributed by atoms with Gasteiger partial charge >= 0.3 is 5.97 Å². The highest BCUT2D eigenvalue weighted by molar-refractivity contribution is 5.96. The van der Waals surface area contributed by atoms with E-state index in [0.29, 0.717) is 18.8 Å². The van der Waals surface area contributed by atoms with Gasteiger partial charge in [0.2, 0.25) is 5.91 Å². The van der Waals surface area contributed by atoms with Gasteiger partial charge in [0.05, 0.1) is 24.6 Å². The molecule has 1 unspecified atom stereocenters. The minimum Gasteiger partial charge on any atom is -0.465 e. The lowest BCUT2D eigenvalue weighted by Crippen LogP contribution is -2.31. The molecule has 1 amide bonds. The maximum atomic E-state index is 11.8. The number of hydrogen-bond acceptors (Lipinski definition) is 6. The molecule has 2 heterocycles. The zero-order chi connectivity index (χ0) is 14.0. The number of rotatable bonds is 3. The molecular weight excluding hydrogens is 248 g/mol. The Labute approximate surface area is 110 Å². The number of amides is 1. The predicted molar refractivity (Wildman–Crippen MR) is 69.7 cm³/mol. The van der Waals surface area contributed by atoms with E-state index >= 15 is 0 Å². The number of nitrogen functional groups attached to an aromatic ring is 1. The van der Waals surface area contributed by atoms with Crippen LogP contribution >= 0.6 is 0 Å². The van der Waals surface area contributed by atoms with Gasteiger partial charge in [-0.05, 0) is 12.5 Å². The molecule has 102 valence electrons. The van der Waals surface area contributed by atoms with E-state index in [1.807, 2.05) is 0 Å². The smallest absolute Gasteiger partial charge is 0.340 e. The monoisotopic (exact) mass is 264 g/mol. The molecule has 0 aromatic carbocycles. The topological polar surface area (TPSA) is 97.5 Å². The van der Waals surface area contributed by atoms with Gasteiger partial charge in [0, 0.05) is 13.6 Å². The van der Waals surface area contributed by atoms with Gasteiger partial charge in [0.15, 0.2) is 0 Å². The molecule has 0 radical (unpaired) electrons. The molecule has 0 spiro atoms. The van der Waals surface area contributed by atoms with Gasteiger partial charge in [-0.1, -0.05) is 0 Å². The summed E-state index contributed by atoms with van der Waals surface area (Å²) in [5, 5.41) is 3.00. The Morgan fingerprint density at radius 3 is 2.95 bits per heavy atom. The Morgan fingerprint density at radius 1 is 1.63 bits per heavy atom. The number of anilines is 2. The molecule has 0 bridgehead atoms. The first-order valence-corrected chi connectivity index (χ1v) is 5.88. The molecule has 1 saturated heterocycles. The maximum absolute atomic E-state index is 11.8. The number of carbonyl (C=O) groups excluding carboxylic acids is 2. The van der Waals surface area contributed by atoms with Crippen LogP contribution in [0.25, 0.3) is 0 Å². The molecule has 1 aromatic heterocycles. The van der Waals surface area contributed by atoms with E-state index in [2.05, 4.69) is 15.0 Å². The number of methoxy groups -OCH3 is 1. The summed E-state index contributed by atoms with van der Waals surface area (Å²) in [5.74, 6) is -0.0840. The average Bonchev–Trinajstić information content (AvgIpc) is 2.72. The third kappa shape index (κ3) is 2.59. The van der Waals surface area contributed by atoms with Gasteiger partial charge in [-0.3, -0.25) is 4.79 Å². The first-order valence-electron chi connectivity index (χ1n) is 5.88. The lowest BCUT2D eigenvalue weighted by Gasteiger charge is -2.13. The number of aromatic nitrogens is 1. The molecule has 0 saturated carbocycles. The molecule has 7 heteroatoms. The molecule has 2 rings (SSSR count). The second kappa shape index (κ2) is 5.13. The lowest BCUT2D eigenvalue weighted by atomic mass is 10.2. The SMILES string of the molecule is COC(=O)c1cc(NC2CCN(C)C2=O)ncc1N. The van der Waals surface area contributed by atoms with Crippen molar-refractivity contribution in [1.29, 1.82) is 0 Å². The van der Waals surface area contributed by atoms with Crippen LogP contribution in [0.3, 0.4) is 0 Å². The molecule has 19 heavy (non-hydrogen) atoms. The molecular formula is C12H16N4O3. The van der Waals surface area contributed by atoms with Crippen LogP contribution < -0.4 is 11.1 Å². The minimum absolute atomic E-state index is 0.0123. The molecule has 3 N–H and O–H groups in total. The standard InChI is InChI=1S/C12H16N4O3/c1-16-4-3-9(11(16)17)15-10-5-7(12(18)19-2)8(13)6-14-10/h5-6,9H,3-4,13H2,1-2H3,(H,14,15). The summed E-state index contributed by atoms with van der Waals surface area (Å²) in [7, 11) is 3.03. The third-order valence-corrected chi connectivity index (χ3v) is 3.09. The van der Waals surface area contributed by atoms with E-state index in [4.69, 9.17) is 5.73 Å². The molecule has 1 aromatic rings. The van der Waals surface area contributed by atoms with Crippen molar-refractivity contribution in [1.82, 2.24) is 9.88 Å². The van der Waals surface area contributed by atoms with E-state index in [1.54, 1.807) is 11.9 Å². The predicted octanol–water partition coefficient (Wildman–Crippen LogP) is 0.0930. The summed E-state index contributed by atoms with van der Waals surface area (Å²) in [5.41, 5.74) is 6.14. The second-order valence-electron chi connectivity index (χ2n) is 4.39. The van der Waals surface area contributed by atoms with Crippen molar-refractivity contribution in [2.45, 2.75) is 12.5 Å². The summed E-state index contributed by atoms with van der Waals surface area (Å²) in [6.45, 7) is 0.704. The Hall–Kier alpha value is -2.31. The van der Waals surface area contributed by atoms with Crippen molar-refractivity contribution >= 4 is 23.4 Å². The van der Waals surface area contributed by atoms with Gasteiger partial charge in [-0.25, -0.2) is 9.78 Å². The molecule has 7 nitrogen and oxygen atoms in total. The van der Waals surface area contributed by atoms with Crippen LogP contribution in [0.5, 0.6) is 0 Å². The fourth-order valence-corrected chi connectivity index (χ4v) is 1.97. The quantitative estimate of drug-likeness (QED) is 0.751. The number of hydrogen-bond donors (Lipinski definition) is 2. The molecule has 1 aliphatic heterocycles. The van der Waals surface area contributed by atoms with E-state index in [-0.39, 0.29) is 23.2 Å². The Kier molecular flexibility index (Phi) is 3.55. The number of nitrogens with one attached hydrogen (secondary N) is 1. The van der Waals surface area contributed by atoms with Gasteiger partial charge in [0.1, 0.15) is 11.9 Å². The number of carbonyl (C=O) groups is 2. The molecule has 1 atom stereocenters. The highest BCUT2D eigenvalue weighted by atomic mass is 16.5. The van der Waals surface area contributed by atoms with Crippen molar-refractivity contribution in [3.8, 4) is 0 Å². The van der Waals surface area contributed by atoms with Crippen LogP contribution in [0.15, 0.2) is 12.3 Å². The van der Waals surface area contributed by atoms with Crippen LogP contribution in [-0.2, 0) is 9.53 Å². The number of likely N-dealkylation sites (tertiary alicyclic amines) is 1. The summed E-state index contributed by atoms with van der Waals surface area (Å²) in [4.78, 5) is 29.0. The van der Waals surface area contributed by atoms with Crippen molar-refractivity contribution < 1.29 is 14.3 Å². The van der Waals surface area contributed by atoms with Crippen LogP contribution in [0.4, 0.5) is 11.5 Å². The Balaban J connectivity index is 2.18. The van der Waals surface area contributed by atoms with Crippen molar-refractivity contribution in [2.24, 2.45) is 0 Å². The van der Waals surface area contributed by atoms with Crippen molar-refractivity contribution in [2.75, 3.05) is 31.8 Å². The van der Waals surface area contributed by atoms with Crippen LogP contribution in [-0.4, -0.2) is 48.5 Å². The second-order valence-corrected chi connectivity index (χ2v) is 4.39. The van der Waals surface area contributed by atoms with E-state index in [0.717, 1.165) is 0 Å². The molecule has 1 fully saturated rings. The zero-order valence-electron chi connectivity index (χ0n) is 10.8. The number of ether oxygens (including phenoxy) is 1. The fourth-order valence-electron chi connectivity index (χ4n) is 1.97. The summed E-state index contributed by atoms with van der Waals surface area (Å²) < 4.78 is 4.63. The average molecular weight is 264 g/mol. The first kappa shape index (κ1) is 13.1. The number of likely N-dealkylation sites (N-methyl/N-ethyl adjacent to an activating group) is 1. The fraction of sp³-hybridized carbons (Fsp3) is 0.417. The highest BCUT2D eigenvalue weighted by Crippen LogP contribution is 2.19. The van der Waals surface area contributed by atoms with Gasteiger partial charge in [0.25, 0.3) is 0 Å². The largest absolute Gasteiger partial charge is 0.465 e. The molecule has 1 aliphatic rings. The first-order chi connectivity index (χ1) is 9.02. The summed E-state index contributed by atoms with van der Waals surface area (Å²) in [6.07, 6.45) is 2.08. The van der Waals surface area contributed by atoms with Crippen LogP contribution in [0.1, 0.15) is 16.8 Å². The minimum atomic E-state index is -0.530. The summed E-state index contributed by atoms with van der Waals surface area (Å²) in [6, 6.07) is 1.18. The van der Waals surface area contributed by atoms with Crippen LogP contribution in [0, 0.1) is 0 Å². The summed E-state index contributed by atoms with van der Waals surface area (Å²) >= 11 is 0. The number of nitrogens with zero attached hydrogens (tertiary/aromatic N) is 2. The Bertz CT molecular complexity index is 518. The zero-order valence-corrected chi connectivity index (χ0v) is 10.8. The van der Waals surface area contributed by atoms with Gasteiger partial charge < -0.3 is 20.7 Å². The van der Waals surface area contributed by atoms with Crippen molar-refractivity contribution in [3.05, 3.63) is 17.8 Å². The van der Waals surface area contributed by atoms with E-state index in [1.165, 1.54) is 19.4 Å². The third-order valence-electron chi connectivity index (χ3n) is 3.09. The number of pyridine rings is 1. The molecule has 0 aliphatic carbocycles. The number of nitrogens with two attached hydrogens (primary N) is 1. The number of esters is 1. The van der Waals surface area contributed by atoms with Crippen molar-refractivity contribution in [3.63, 3.8) is 0 Å². The van der Waals surface area contributed by atoms with E-state index < -0.39 is 5.97 Å². The normalized spacial score (nSPS) is 18.5. The lowest BCUT2D eigenvalue weighted by molar-refractivity contribution is -0.127. The van der Waals surface area contributed by atoms with Gasteiger partial charge in [-0.2, -0.15) is 0 Å². The highest BCUT2D eigenvalue weighted by Gasteiger charge is 2.29. The van der Waals surface area contributed by atoms with Gasteiger partial charge in [-0.15, -0.1) is 0 Å². The van der Waals surface area contributed by atoms with E-state index in [9.17, 15) is 9.59 Å². The van der Waals surface area contributed by atoms with Crippen LogP contribution in [0.2, 0.25) is 0 Å².